The Morgan fingerprint density at radius 3 is 2.48 bits per heavy atom. The molecule has 0 aromatic carbocycles. The van der Waals surface area contributed by atoms with Gasteiger partial charge in [-0.25, -0.2) is 8.78 Å². The third kappa shape index (κ3) is 5.21. The fraction of sp³-hybridized carbons (Fsp3) is 0.955. The zero-order chi connectivity index (χ0) is 19.5. The second-order valence-electron chi connectivity index (χ2n) is 9.84. The van der Waals surface area contributed by atoms with Crippen LogP contribution in [0.25, 0.3) is 0 Å². The predicted octanol–water partition coefficient (Wildman–Crippen LogP) is 5.27. The molecule has 5 heteroatoms. The summed E-state index contributed by atoms with van der Waals surface area (Å²) in [5, 5.41) is 3.08. The molecule has 4 rings (SSSR count). The van der Waals surface area contributed by atoms with Crippen LogP contribution < -0.4 is 5.32 Å². The molecular weight excluding hydrogens is 348 g/mol. The number of ether oxygens (including phenoxy) is 1. The molecule has 4 saturated carbocycles. The topological polar surface area (TPSA) is 38.3 Å². The molecule has 4 aliphatic carbocycles. The predicted molar refractivity (Wildman–Crippen MR) is 103 cm³/mol. The summed E-state index contributed by atoms with van der Waals surface area (Å²) in [6, 6.07) is 0. The number of nitrogens with one attached hydrogen (secondary N) is 1. The molecule has 0 aliphatic heterocycles. The van der Waals surface area contributed by atoms with E-state index >= 15 is 0 Å². The number of carbonyl (C=O) groups excluding carboxylic acids is 1. The van der Waals surface area contributed by atoms with Crippen molar-refractivity contribution in [1.82, 2.24) is 5.32 Å². The van der Waals surface area contributed by atoms with E-state index in [0.717, 1.165) is 38.5 Å². The van der Waals surface area contributed by atoms with Crippen LogP contribution in [0.1, 0.15) is 90.9 Å². The van der Waals surface area contributed by atoms with Gasteiger partial charge in [0.15, 0.2) is 0 Å². The maximum atomic E-state index is 14.5. The summed E-state index contributed by atoms with van der Waals surface area (Å²) in [5.41, 5.74) is 0.451. The molecule has 4 fully saturated rings. The highest BCUT2D eigenvalue weighted by molar-refractivity contribution is 5.78. The van der Waals surface area contributed by atoms with Gasteiger partial charge in [0.25, 0.3) is 0 Å². The Bertz CT molecular complexity index is 493. The Kier molecular flexibility index (Phi) is 6.81. The molecule has 1 amide bonds. The molecule has 2 bridgehead atoms. The molecule has 156 valence electrons. The average molecular weight is 386 g/mol. The first-order valence-electron chi connectivity index (χ1n) is 11.1. The maximum absolute atomic E-state index is 14.5. The zero-order valence-corrected chi connectivity index (χ0v) is 17.1. The normalized spacial score (nSPS) is 40.6. The molecule has 27 heavy (non-hydrogen) atoms. The van der Waals surface area contributed by atoms with E-state index < -0.39 is 12.3 Å². The van der Waals surface area contributed by atoms with E-state index in [1.54, 1.807) is 0 Å². The Morgan fingerprint density at radius 2 is 1.81 bits per heavy atom. The minimum Gasteiger partial charge on any atom is -0.368 e. The first kappa shape index (κ1) is 21.0. The highest BCUT2D eigenvalue weighted by Gasteiger charge is 2.65. The van der Waals surface area contributed by atoms with Gasteiger partial charge < -0.3 is 10.1 Å². The van der Waals surface area contributed by atoms with Crippen molar-refractivity contribution in [3.8, 4) is 0 Å². The summed E-state index contributed by atoms with van der Waals surface area (Å²) in [6.07, 6.45) is 7.79. The standard InChI is InChI=1S/C22H37F2NO2/c1-3-4-5-6-7-8-16-9-10-17(11-18(23)20(16)24)27-12-19(26)25-22-13-21(2,14-22)15-22/h16-18,20H,3-15H2,1-2H3,(H,25,26). The van der Waals surface area contributed by atoms with Crippen LogP contribution in [0.3, 0.4) is 0 Å². The number of halogens is 2. The van der Waals surface area contributed by atoms with E-state index in [2.05, 4.69) is 19.2 Å². The molecule has 0 spiro atoms. The first-order chi connectivity index (χ1) is 12.8. The fourth-order valence-electron chi connectivity index (χ4n) is 5.77. The van der Waals surface area contributed by atoms with Gasteiger partial charge in [0.2, 0.25) is 5.91 Å². The number of alkyl halides is 2. The van der Waals surface area contributed by atoms with Crippen LogP contribution in [-0.2, 0) is 9.53 Å². The van der Waals surface area contributed by atoms with Crippen LogP contribution >= 0.6 is 0 Å². The number of amides is 1. The summed E-state index contributed by atoms with van der Waals surface area (Å²) in [7, 11) is 0. The molecule has 0 heterocycles. The summed E-state index contributed by atoms with van der Waals surface area (Å²) in [6.45, 7) is 4.39. The third-order valence-electron chi connectivity index (χ3n) is 6.97. The summed E-state index contributed by atoms with van der Waals surface area (Å²) >= 11 is 0. The van der Waals surface area contributed by atoms with Gasteiger partial charge in [-0.1, -0.05) is 46.0 Å². The highest BCUT2D eigenvalue weighted by Crippen LogP contribution is 2.66. The van der Waals surface area contributed by atoms with Crippen LogP contribution in [0, 0.1) is 11.3 Å². The lowest BCUT2D eigenvalue weighted by Crippen LogP contribution is -2.73. The van der Waals surface area contributed by atoms with E-state index in [0.29, 0.717) is 18.3 Å². The Morgan fingerprint density at radius 1 is 1.11 bits per heavy atom. The van der Waals surface area contributed by atoms with Crippen LogP contribution in [0.2, 0.25) is 0 Å². The monoisotopic (exact) mass is 385 g/mol. The Labute approximate surface area is 163 Å². The summed E-state index contributed by atoms with van der Waals surface area (Å²) < 4.78 is 34.5. The van der Waals surface area contributed by atoms with Crippen molar-refractivity contribution in [2.45, 2.75) is 115 Å². The number of hydrogen-bond acceptors (Lipinski definition) is 2. The minimum absolute atomic E-state index is 0.00811. The van der Waals surface area contributed by atoms with Crippen LogP contribution in [0.15, 0.2) is 0 Å². The van der Waals surface area contributed by atoms with Crippen LogP contribution in [-0.4, -0.2) is 36.5 Å². The third-order valence-corrected chi connectivity index (χ3v) is 6.97. The quantitative estimate of drug-likeness (QED) is 0.411. The maximum Gasteiger partial charge on any atom is 0.246 e. The van der Waals surface area contributed by atoms with Crippen molar-refractivity contribution in [3.05, 3.63) is 0 Å². The van der Waals surface area contributed by atoms with Gasteiger partial charge in [0, 0.05) is 12.0 Å². The fourth-order valence-corrected chi connectivity index (χ4v) is 5.77. The number of rotatable bonds is 10. The van der Waals surface area contributed by atoms with Crippen LogP contribution in [0.5, 0.6) is 0 Å². The largest absolute Gasteiger partial charge is 0.368 e. The summed E-state index contributed by atoms with van der Waals surface area (Å²) in [5.74, 6) is -0.314. The molecule has 1 N–H and O–H groups in total. The van der Waals surface area contributed by atoms with E-state index in [9.17, 15) is 13.6 Å². The molecule has 0 aromatic heterocycles. The lowest BCUT2D eigenvalue weighted by molar-refractivity contribution is -0.160. The van der Waals surface area contributed by atoms with Gasteiger partial charge in [0.05, 0.1) is 6.10 Å². The van der Waals surface area contributed by atoms with Crippen LogP contribution in [0.4, 0.5) is 8.78 Å². The van der Waals surface area contributed by atoms with E-state index in [-0.39, 0.29) is 36.5 Å². The van der Waals surface area contributed by atoms with Crippen molar-refractivity contribution in [3.63, 3.8) is 0 Å². The second kappa shape index (κ2) is 8.75. The van der Waals surface area contributed by atoms with Gasteiger partial charge in [-0.3, -0.25) is 4.79 Å². The van der Waals surface area contributed by atoms with Crippen molar-refractivity contribution < 1.29 is 18.3 Å². The highest BCUT2D eigenvalue weighted by atomic mass is 19.2. The first-order valence-corrected chi connectivity index (χ1v) is 11.1. The lowest BCUT2D eigenvalue weighted by Gasteiger charge is -2.69. The van der Waals surface area contributed by atoms with E-state index in [4.69, 9.17) is 4.74 Å². The lowest BCUT2D eigenvalue weighted by atomic mass is 9.40. The molecule has 3 nitrogen and oxygen atoms in total. The van der Waals surface area contributed by atoms with Gasteiger partial charge in [-0.05, 0) is 49.9 Å². The molecule has 4 unspecified atom stereocenters. The van der Waals surface area contributed by atoms with E-state index in [1.165, 1.54) is 19.3 Å². The average Bonchev–Trinajstić information content (AvgIpc) is 2.70. The van der Waals surface area contributed by atoms with Gasteiger partial charge >= 0.3 is 0 Å². The van der Waals surface area contributed by atoms with Crippen molar-refractivity contribution in [2.75, 3.05) is 6.61 Å². The summed E-state index contributed by atoms with van der Waals surface area (Å²) in [4.78, 5) is 12.1. The number of carbonyl (C=O) groups is 1. The Hall–Kier alpha value is -0.710. The van der Waals surface area contributed by atoms with Crippen molar-refractivity contribution in [1.29, 1.82) is 0 Å². The molecule has 4 atom stereocenters. The SMILES string of the molecule is CCCCCCCC1CCC(OCC(=O)NC23CC(C)(C2)C3)CC(F)C1F. The molecular formula is C22H37F2NO2. The molecule has 0 radical (unpaired) electrons. The zero-order valence-electron chi connectivity index (χ0n) is 17.1. The molecule has 4 aliphatic rings. The van der Waals surface area contributed by atoms with Crippen molar-refractivity contribution >= 4 is 5.91 Å². The van der Waals surface area contributed by atoms with Gasteiger partial charge in [0.1, 0.15) is 19.0 Å². The Balaban J connectivity index is 1.36. The van der Waals surface area contributed by atoms with Crippen molar-refractivity contribution in [2.24, 2.45) is 11.3 Å². The minimum atomic E-state index is -1.47. The smallest absolute Gasteiger partial charge is 0.246 e. The number of unbranched alkanes of at least 4 members (excludes halogenated alkanes) is 4. The second-order valence-corrected chi connectivity index (χ2v) is 9.84. The molecule has 0 aromatic rings. The van der Waals surface area contributed by atoms with Gasteiger partial charge in [-0.2, -0.15) is 0 Å². The molecule has 0 saturated heterocycles. The van der Waals surface area contributed by atoms with Gasteiger partial charge in [-0.15, -0.1) is 0 Å². The number of hydrogen-bond donors (Lipinski definition) is 1. The van der Waals surface area contributed by atoms with E-state index in [1.807, 2.05) is 0 Å².